The monoisotopic (exact) mass is 443 g/mol. The fourth-order valence-corrected chi connectivity index (χ4v) is 7.66. The van der Waals surface area contributed by atoms with Gasteiger partial charge >= 0.3 is 175 Å². The minimum absolute atomic E-state index is 0.360. The van der Waals surface area contributed by atoms with Crippen LogP contribution in [0.3, 0.4) is 0 Å². The molecule has 0 N–H and O–H groups in total. The zero-order valence-electron chi connectivity index (χ0n) is 18.1. The Morgan fingerprint density at radius 1 is 0.897 bits per heavy atom. The van der Waals surface area contributed by atoms with Gasteiger partial charge in [0.1, 0.15) is 0 Å². The van der Waals surface area contributed by atoms with Crippen molar-refractivity contribution < 1.29 is 4.74 Å². The molecule has 5 rings (SSSR count). The van der Waals surface area contributed by atoms with Gasteiger partial charge in [0, 0.05) is 0 Å². The zero-order valence-corrected chi connectivity index (χ0v) is 20.1. The molecule has 146 valence electrons. The summed E-state index contributed by atoms with van der Waals surface area (Å²) in [6, 6.07) is 15.7. The van der Waals surface area contributed by atoms with Crippen LogP contribution in [0.5, 0.6) is 11.5 Å². The fraction of sp³-hybridized carbons (Fsp3) is 0.269. The van der Waals surface area contributed by atoms with Gasteiger partial charge in [0.2, 0.25) is 0 Å². The summed E-state index contributed by atoms with van der Waals surface area (Å²) in [6.45, 7) is 6.67. The number of hydrogen-bond acceptors (Lipinski definition) is 2. The molecule has 29 heavy (non-hydrogen) atoms. The quantitative estimate of drug-likeness (QED) is 0.271. The van der Waals surface area contributed by atoms with E-state index in [0.29, 0.717) is 5.92 Å². The molecule has 0 bridgehead atoms. The SMILES string of the molecule is Cc1ccc2c(C(C)C)c3c(cc2c1)-c1nccc2cc[c]([Ge]([CH3])([CH3])[CH3])c(c12)O3. The number of ether oxygens (including phenoxy) is 1. The first kappa shape index (κ1) is 18.7. The van der Waals surface area contributed by atoms with Crippen molar-refractivity contribution in [2.45, 2.75) is 44.0 Å². The third-order valence-electron chi connectivity index (χ3n) is 6.02. The topological polar surface area (TPSA) is 22.1 Å². The van der Waals surface area contributed by atoms with Gasteiger partial charge in [-0.25, -0.2) is 0 Å². The molecule has 1 aromatic heterocycles. The van der Waals surface area contributed by atoms with Crippen molar-refractivity contribution >= 4 is 39.2 Å². The van der Waals surface area contributed by atoms with Crippen LogP contribution in [0.4, 0.5) is 0 Å². The van der Waals surface area contributed by atoms with Crippen LogP contribution >= 0.6 is 0 Å². The first-order valence-electron chi connectivity index (χ1n) is 10.4. The van der Waals surface area contributed by atoms with E-state index < -0.39 is 13.3 Å². The summed E-state index contributed by atoms with van der Waals surface area (Å²) in [5, 5.41) is 4.94. The summed E-state index contributed by atoms with van der Waals surface area (Å²) in [4.78, 5) is 4.87. The Balaban J connectivity index is 1.96. The summed E-state index contributed by atoms with van der Waals surface area (Å²) in [6.07, 6.45) is 1.93. The fourth-order valence-electron chi connectivity index (χ4n) is 4.63. The molecule has 0 saturated carbocycles. The average Bonchev–Trinajstić information content (AvgIpc) is 2.65. The minimum atomic E-state index is -2.13. The maximum atomic E-state index is 6.84. The second-order valence-corrected chi connectivity index (χ2v) is 20.2. The Kier molecular flexibility index (Phi) is 4.08. The first-order valence-corrected chi connectivity index (χ1v) is 17.8. The van der Waals surface area contributed by atoms with E-state index in [4.69, 9.17) is 9.72 Å². The van der Waals surface area contributed by atoms with Gasteiger partial charge in [0.25, 0.3) is 0 Å². The predicted molar refractivity (Wildman–Crippen MR) is 127 cm³/mol. The van der Waals surface area contributed by atoms with Crippen LogP contribution in [0.1, 0.15) is 30.9 Å². The number of rotatable bonds is 2. The molecule has 0 saturated heterocycles. The Labute approximate surface area is 175 Å². The molecule has 4 aromatic rings. The maximum absolute atomic E-state index is 6.84. The molecule has 0 radical (unpaired) electrons. The number of hydrogen-bond donors (Lipinski definition) is 0. The molecule has 2 heterocycles. The summed E-state index contributed by atoms with van der Waals surface area (Å²) in [5.41, 5.74) is 4.76. The molecule has 0 aliphatic carbocycles. The summed E-state index contributed by atoms with van der Waals surface area (Å²) in [7, 11) is 0. The van der Waals surface area contributed by atoms with Gasteiger partial charge in [-0.2, -0.15) is 0 Å². The summed E-state index contributed by atoms with van der Waals surface area (Å²) >= 11 is -2.13. The molecule has 1 aliphatic heterocycles. The number of aromatic nitrogens is 1. The van der Waals surface area contributed by atoms with Crippen LogP contribution in [0, 0.1) is 6.92 Å². The van der Waals surface area contributed by atoms with E-state index >= 15 is 0 Å². The van der Waals surface area contributed by atoms with Crippen LogP contribution in [-0.2, 0) is 0 Å². The van der Waals surface area contributed by atoms with Gasteiger partial charge < -0.3 is 0 Å². The van der Waals surface area contributed by atoms with Crippen LogP contribution in [0.15, 0.2) is 48.7 Å². The van der Waals surface area contributed by atoms with Crippen molar-refractivity contribution in [2.24, 2.45) is 0 Å². The molecule has 3 heteroatoms. The molecule has 3 aromatic carbocycles. The molecule has 1 aliphatic rings. The summed E-state index contributed by atoms with van der Waals surface area (Å²) < 4.78 is 8.26. The van der Waals surface area contributed by atoms with E-state index in [1.165, 1.54) is 37.1 Å². The van der Waals surface area contributed by atoms with E-state index in [1.807, 2.05) is 6.20 Å². The third kappa shape index (κ3) is 2.80. The molecule has 0 amide bonds. The van der Waals surface area contributed by atoms with Gasteiger partial charge in [-0.15, -0.1) is 0 Å². The second kappa shape index (κ2) is 6.33. The molecule has 0 unspecified atom stereocenters. The number of fused-ring (bicyclic) bond motifs is 3. The Morgan fingerprint density at radius 2 is 1.69 bits per heavy atom. The van der Waals surface area contributed by atoms with Gasteiger partial charge in [0.05, 0.1) is 0 Å². The van der Waals surface area contributed by atoms with Crippen molar-refractivity contribution in [1.29, 1.82) is 0 Å². The number of pyridine rings is 1. The summed E-state index contributed by atoms with van der Waals surface area (Å²) in [5.74, 6) is 9.71. The van der Waals surface area contributed by atoms with Crippen molar-refractivity contribution in [1.82, 2.24) is 4.98 Å². The standard InChI is InChI=1S/C26H27GeNO/c1-15(2)22-19-9-7-16(3)13-18(19)14-20-24-23-17(11-12-28-24)8-10-21(27(4,5)6)26(23)29-25(20)22/h7-15H,1-6H3. The van der Waals surface area contributed by atoms with Crippen molar-refractivity contribution in [3.63, 3.8) is 0 Å². The van der Waals surface area contributed by atoms with Crippen LogP contribution in [-0.4, -0.2) is 18.3 Å². The van der Waals surface area contributed by atoms with Gasteiger partial charge in [-0.3, -0.25) is 0 Å². The molecule has 2 nitrogen and oxygen atoms in total. The van der Waals surface area contributed by atoms with Crippen molar-refractivity contribution in [2.75, 3.05) is 0 Å². The van der Waals surface area contributed by atoms with Gasteiger partial charge in [-0.1, -0.05) is 0 Å². The predicted octanol–water partition coefficient (Wildman–Crippen LogP) is 7.14. The van der Waals surface area contributed by atoms with Crippen molar-refractivity contribution in [3.05, 3.63) is 59.8 Å². The van der Waals surface area contributed by atoms with Gasteiger partial charge in [0.15, 0.2) is 0 Å². The number of nitrogens with zero attached hydrogens (tertiary/aromatic N) is 1. The Bertz CT molecular complexity index is 1300. The van der Waals surface area contributed by atoms with E-state index in [0.717, 1.165) is 22.8 Å². The van der Waals surface area contributed by atoms with E-state index in [9.17, 15) is 0 Å². The van der Waals surface area contributed by atoms with E-state index in [1.54, 1.807) is 0 Å². The van der Waals surface area contributed by atoms with Gasteiger partial charge in [-0.05, 0) is 0 Å². The number of aryl methyl sites for hydroxylation is 1. The Morgan fingerprint density at radius 3 is 2.41 bits per heavy atom. The molecular formula is C26H27GeNO. The first-order chi connectivity index (χ1) is 13.8. The van der Waals surface area contributed by atoms with Crippen LogP contribution < -0.4 is 9.13 Å². The van der Waals surface area contributed by atoms with Crippen LogP contribution in [0.25, 0.3) is 32.8 Å². The van der Waals surface area contributed by atoms with E-state index in [2.05, 4.69) is 80.5 Å². The van der Waals surface area contributed by atoms with Crippen LogP contribution in [0.2, 0.25) is 17.3 Å². The molecule has 0 spiro atoms. The Hall–Kier alpha value is -2.33. The molecule has 0 fully saturated rings. The molecular weight excluding hydrogens is 415 g/mol. The average molecular weight is 442 g/mol. The second-order valence-electron chi connectivity index (χ2n) is 9.60. The number of benzene rings is 3. The van der Waals surface area contributed by atoms with E-state index in [-0.39, 0.29) is 0 Å². The normalized spacial score (nSPS) is 13.1. The molecule has 0 atom stereocenters. The zero-order chi connectivity index (χ0) is 20.5. The van der Waals surface area contributed by atoms with Crippen molar-refractivity contribution in [3.8, 4) is 22.8 Å². The third-order valence-corrected chi connectivity index (χ3v) is 10.2.